The van der Waals surface area contributed by atoms with Gasteiger partial charge in [0.05, 0.1) is 0 Å². The van der Waals surface area contributed by atoms with Crippen LogP contribution in [0.15, 0.2) is 0 Å². The summed E-state index contributed by atoms with van der Waals surface area (Å²) >= 11 is 0. The van der Waals surface area contributed by atoms with E-state index in [0.29, 0.717) is 0 Å². The number of rotatable bonds is 3. The van der Waals surface area contributed by atoms with E-state index in [4.69, 9.17) is 0 Å². The fourth-order valence-corrected chi connectivity index (χ4v) is 3.71. The number of hydrogen-bond donors (Lipinski definition) is 0. The van der Waals surface area contributed by atoms with Gasteiger partial charge >= 0.3 is 0 Å². The van der Waals surface area contributed by atoms with Gasteiger partial charge in [-0.05, 0) is 24.1 Å². The maximum absolute atomic E-state index is 10.7. The third kappa shape index (κ3) is 3.23. The molecular formula is C10H18OSi. The van der Waals surface area contributed by atoms with E-state index in [1.54, 1.807) is 0 Å². The molecule has 0 atom stereocenters. The molecule has 0 aliphatic rings. The number of Topliss-reactive ketones (excluding diaryl/α,β-unsaturated/α-hetero) is 1. The Bertz CT molecular complexity index is 197. The van der Waals surface area contributed by atoms with Crippen LogP contribution in [-0.4, -0.2) is 13.9 Å². The molecule has 0 aliphatic carbocycles. The second kappa shape index (κ2) is 5.16. The maximum Gasteiger partial charge on any atom is 0.201 e. The van der Waals surface area contributed by atoms with Crippen LogP contribution in [0.3, 0.4) is 0 Å². The fourth-order valence-electron chi connectivity index (χ4n) is 1.24. The Balaban J connectivity index is 4.54. The van der Waals surface area contributed by atoms with Crippen molar-refractivity contribution in [1.82, 2.24) is 0 Å². The molecule has 0 amide bonds. The minimum absolute atomic E-state index is 0.00206. The van der Waals surface area contributed by atoms with E-state index in [1.165, 1.54) is 25.1 Å². The quantitative estimate of drug-likeness (QED) is 0.484. The molecule has 0 unspecified atom stereocenters. The highest BCUT2D eigenvalue weighted by molar-refractivity contribution is 6.87. The number of carbonyl (C=O) groups is 1. The summed E-state index contributed by atoms with van der Waals surface area (Å²) in [5.74, 6) is 2.71. The van der Waals surface area contributed by atoms with Crippen molar-refractivity contribution >= 4 is 13.9 Å². The predicted molar refractivity (Wildman–Crippen MR) is 55.7 cm³/mol. The zero-order chi connectivity index (χ0) is 9.61. The standard InChI is InChI=1S/C10H18OSi/c1-5-12(6-2,7-3)9-8-10(4)11/h5-7H2,1-4H3. The summed E-state index contributed by atoms with van der Waals surface area (Å²) in [5, 5.41) is 0. The van der Waals surface area contributed by atoms with Crippen molar-refractivity contribution in [2.75, 3.05) is 0 Å². The molecule has 0 radical (unpaired) electrons. The largest absolute Gasteiger partial charge is 0.285 e. The highest BCUT2D eigenvalue weighted by Crippen LogP contribution is 2.18. The second-order valence-corrected chi connectivity index (χ2v) is 8.08. The van der Waals surface area contributed by atoms with Gasteiger partial charge in [0.25, 0.3) is 0 Å². The van der Waals surface area contributed by atoms with Gasteiger partial charge in [-0.1, -0.05) is 20.8 Å². The first-order valence-corrected chi connectivity index (χ1v) is 7.26. The van der Waals surface area contributed by atoms with E-state index < -0.39 is 8.07 Å². The first-order valence-electron chi connectivity index (χ1n) is 4.64. The topological polar surface area (TPSA) is 17.1 Å². The number of ketones is 1. The zero-order valence-corrected chi connectivity index (χ0v) is 9.53. The molecule has 0 N–H and O–H groups in total. The molecule has 0 saturated carbocycles. The van der Waals surface area contributed by atoms with E-state index in [2.05, 4.69) is 32.2 Å². The molecule has 0 heterocycles. The summed E-state index contributed by atoms with van der Waals surface area (Å²) in [6, 6.07) is 3.50. The Morgan fingerprint density at radius 1 is 1.17 bits per heavy atom. The van der Waals surface area contributed by atoms with E-state index in [1.807, 2.05) is 0 Å². The SMILES string of the molecule is CC[Si](C#CC(C)=O)(CC)CC. The number of hydrogen-bond acceptors (Lipinski definition) is 1. The third-order valence-corrected chi connectivity index (χ3v) is 7.25. The summed E-state index contributed by atoms with van der Waals surface area (Å²) < 4.78 is 0. The van der Waals surface area contributed by atoms with E-state index >= 15 is 0 Å². The van der Waals surface area contributed by atoms with Crippen molar-refractivity contribution in [2.24, 2.45) is 0 Å². The van der Waals surface area contributed by atoms with Crippen LogP contribution >= 0.6 is 0 Å². The summed E-state index contributed by atoms with van der Waals surface area (Å²) in [6.45, 7) is 8.10. The van der Waals surface area contributed by atoms with Gasteiger partial charge in [-0.3, -0.25) is 4.79 Å². The van der Waals surface area contributed by atoms with Crippen molar-refractivity contribution in [3.05, 3.63) is 0 Å². The zero-order valence-electron chi connectivity index (χ0n) is 8.53. The van der Waals surface area contributed by atoms with Gasteiger partial charge in [0.2, 0.25) is 5.78 Å². The molecule has 0 spiro atoms. The molecule has 12 heavy (non-hydrogen) atoms. The fraction of sp³-hybridized carbons (Fsp3) is 0.700. The summed E-state index contributed by atoms with van der Waals surface area (Å²) in [6.07, 6.45) is 0. The molecule has 68 valence electrons. The lowest BCUT2D eigenvalue weighted by atomic mass is 10.5. The van der Waals surface area contributed by atoms with Crippen LogP contribution in [0.1, 0.15) is 27.7 Å². The molecule has 0 rings (SSSR count). The Labute approximate surface area is 76.6 Å². The molecule has 0 bridgehead atoms. The second-order valence-electron chi connectivity index (χ2n) is 3.15. The first kappa shape index (κ1) is 11.4. The van der Waals surface area contributed by atoms with Crippen molar-refractivity contribution in [3.63, 3.8) is 0 Å². The molecule has 0 aromatic heterocycles. The van der Waals surface area contributed by atoms with Crippen LogP contribution in [0.5, 0.6) is 0 Å². The van der Waals surface area contributed by atoms with Crippen LogP contribution in [0, 0.1) is 11.5 Å². The van der Waals surface area contributed by atoms with Crippen molar-refractivity contribution < 1.29 is 4.79 Å². The van der Waals surface area contributed by atoms with Gasteiger partial charge in [-0.25, -0.2) is 0 Å². The van der Waals surface area contributed by atoms with Crippen LogP contribution < -0.4 is 0 Å². The normalized spacial score (nSPS) is 10.3. The monoisotopic (exact) mass is 182 g/mol. The highest BCUT2D eigenvalue weighted by Gasteiger charge is 2.24. The Kier molecular flexibility index (Phi) is 4.92. The summed E-state index contributed by atoms with van der Waals surface area (Å²) in [5.41, 5.74) is 3.22. The summed E-state index contributed by atoms with van der Waals surface area (Å²) in [4.78, 5) is 10.7. The van der Waals surface area contributed by atoms with E-state index in [0.717, 1.165) is 0 Å². The van der Waals surface area contributed by atoms with E-state index in [-0.39, 0.29) is 5.78 Å². The van der Waals surface area contributed by atoms with Gasteiger partial charge in [0, 0.05) is 6.92 Å². The molecule has 0 fully saturated rings. The predicted octanol–water partition coefficient (Wildman–Crippen LogP) is 2.63. The van der Waals surface area contributed by atoms with Crippen molar-refractivity contribution in [3.8, 4) is 11.5 Å². The lowest BCUT2D eigenvalue weighted by molar-refractivity contribution is -0.111. The lowest BCUT2D eigenvalue weighted by Crippen LogP contribution is -2.29. The minimum atomic E-state index is -1.36. The molecule has 0 aromatic carbocycles. The number of carbonyl (C=O) groups excluding carboxylic acids is 1. The average Bonchev–Trinajstić information content (AvgIpc) is 2.08. The smallest absolute Gasteiger partial charge is 0.201 e. The van der Waals surface area contributed by atoms with Gasteiger partial charge in [-0.2, -0.15) is 0 Å². The van der Waals surface area contributed by atoms with Crippen LogP contribution in [0.4, 0.5) is 0 Å². The minimum Gasteiger partial charge on any atom is -0.285 e. The molecule has 1 nitrogen and oxygen atoms in total. The van der Waals surface area contributed by atoms with Gasteiger partial charge < -0.3 is 0 Å². The Morgan fingerprint density at radius 3 is 1.83 bits per heavy atom. The average molecular weight is 182 g/mol. The molecular weight excluding hydrogens is 164 g/mol. The molecule has 0 aromatic rings. The third-order valence-electron chi connectivity index (χ3n) is 2.53. The van der Waals surface area contributed by atoms with Crippen LogP contribution in [0.25, 0.3) is 0 Å². The molecule has 0 aliphatic heterocycles. The van der Waals surface area contributed by atoms with Gasteiger partial charge in [0.15, 0.2) is 0 Å². The van der Waals surface area contributed by atoms with Gasteiger partial charge in [-0.15, -0.1) is 5.54 Å². The molecule has 0 saturated heterocycles. The Morgan fingerprint density at radius 2 is 1.58 bits per heavy atom. The van der Waals surface area contributed by atoms with E-state index in [9.17, 15) is 4.79 Å². The maximum atomic E-state index is 10.7. The highest BCUT2D eigenvalue weighted by atomic mass is 28.3. The van der Waals surface area contributed by atoms with Gasteiger partial charge in [0.1, 0.15) is 8.07 Å². The lowest BCUT2D eigenvalue weighted by Gasteiger charge is -2.19. The Hall–Kier alpha value is -0.553. The summed E-state index contributed by atoms with van der Waals surface area (Å²) in [7, 11) is -1.36. The molecule has 2 heteroatoms. The van der Waals surface area contributed by atoms with Crippen molar-refractivity contribution in [2.45, 2.75) is 45.8 Å². The van der Waals surface area contributed by atoms with Crippen molar-refractivity contribution in [1.29, 1.82) is 0 Å². The first-order chi connectivity index (χ1) is 5.60. The van der Waals surface area contributed by atoms with Crippen LogP contribution in [-0.2, 0) is 4.79 Å². The van der Waals surface area contributed by atoms with Crippen LogP contribution in [0.2, 0.25) is 18.1 Å².